The largest absolute Gasteiger partial charge is 0.452 e. The van der Waals surface area contributed by atoms with Gasteiger partial charge in [0, 0.05) is 11.8 Å². The Morgan fingerprint density at radius 2 is 2.24 bits per heavy atom. The van der Waals surface area contributed by atoms with Crippen molar-refractivity contribution in [3.63, 3.8) is 0 Å². The van der Waals surface area contributed by atoms with Crippen molar-refractivity contribution in [1.29, 1.82) is 0 Å². The van der Waals surface area contributed by atoms with Gasteiger partial charge in [-0.2, -0.15) is 0 Å². The second-order valence-corrected chi connectivity index (χ2v) is 5.26. The molecule has 0 saturated heterocycles. The lowest BCUT2D eigenvalue weighted by Crippen LogP contribution is -2.03. The fourth-order valence-electron chi connectivity index (χ4n) is 1.73. The molecule has 90 valence electrons. The van der Waals surface area contributed by atoms with E-state index in [1.165, 1.54) is 0 Å². The molecule has 0 N–H and O–H groups in total. The van der Waals surface area contributed by atoms with E-state index in [2.05, 4.69) is 29.8 Å². The molecule has 0 aliphatic carbocycles. The molecular weight excluding hydrogens is 280 g/mol. The van der Waals surface area contributed by atoms with Crippen molar-refractivity contribution in [2.24, 2.45) is 5.92 Å². The minimum absolute atomic E-state index is 0.0856. The average molecular weight is 295 g/mol. The highest BCUT2D eigenvalue weighted by molar-refractivity contribution is 9.10. The number of ketones is 1. The first-order chi connectivity index (χ1) is 8.11. The van der Waals surface area contributed by atoms with Crippen LogP contribution in [0, 0.1) is 5.92 Å². The van der Waals surface area contributed by atoms with Crippen LogP contribution in [0.5, 0.6) is 0 Å². The summed E-state index contributed by atoms with van der Waals surface area (Å²) in [6, 6.07) is 7.62. The summed E-state index contributed by atoms with van der Waals surface area (Å²) in [5, 5.41) is 0.965. The molecule has 1 aromatic heterocycles. The van der Waals surface area contributed by atoms with Crippen molar-refractivity contribution in [1.82, 2.24) is 0 Å². The molecule has 17 heavy (non-hydrogen) atoms. The van der Waals surface area contributed by atoms with Gasteiger partial charge in [0.2, 0.25) is 0 Å². The van der Waals surface area contributed by atoms with E-state index < -0.39 is 0 Å². The molecule has 3 heteroatoms. The van der Waals surface area contributed by atoms with Gasteiger partial charge in [0.25, 0.3) is 0 Å². The lowest BCUT2D eigenvalue weighted by Gasteiger charge is -2.04. The number of hydrogen-bond donors (Lipinski definition) is 0. The van der Waals surface area contributed by atoms with Gasteiger partial charge in [0.15, 0.2) is 11.5 Å². The lowest BCUT2D eigenvalue weighted by molar-refractivity contribution is 0.0938. The van der Waals surface area contributed by atoms with Crippen molar-refractivity contribution in [2.45, 2.75) is 26.7 Å². The van der Waals surface area contributed by atoms with Crippen LogP contribution in [0.4, 0.5) is 0 Å². The van der Waals surface area contributed by atoms with Crippen molar-refractivity contribution < 1.29 is 9.21 Å². The van der Waals surface area contributed by atoms with Crippen LogP contribution in [0.3, 0.4) is 0 Å². The molecule has 2 aromatic rings. The molecule has 0 bridgehead atoms. The zero-order chi connectivity index (χ0) is 12.4. The molecular formula is C14H15BrO2. The van der Waals surface area contributed by atoms with Gasteiger partial charge in [-0.25, -0.2) is 0 Å². The highest BCUT2D eigenvalue weighted by atomic mass is 79.9. The first-order valence-corrected chi connectivity index (χ1v) is 6.62. The number of halogens is 1. The van der Waals surface area contributed by atoms with Crippen LogP contribution in [-0.4, -0.2) is 5.78 Å². The smallest absolute Gasteiger partial charge is 0.198 e. The summed E-state index contributed by atoms with van der Waals surface area (Å²) in [6.45, 7) is 4.17. The maximum Gasteiger partial charge on any atom is 0.198 e. The summed E-state index contributed by atoms with van der Waals surface area (Å²) in [5.74, 6) is 0.953. The van der Waals surface area contributed by atoms with Crippen LogP contribution in [0.2, 0.25) is 0 Å². The summed E-state index contributed by atoms with van der Waals surface area (Å²) < 4.78 is 6.50. The fourth-order valence-corrected chi connectivity index (χ4v) is 2.19. The second-order valence-electron chi connectivity index (χ2n) is 4.41. The van der Waals surface area contributed by atoms with E-state index in [0.29, 0.717) is 18.1 Å². The fraction of sp³-hybridized carbons (Fsp3) is 0.357. The predicted molar refractivity (Wildman–Crippen MR) is 72.3 cm³/mol. The van der Waals surface area contributed by atoms with Crippen molar-refractivity contribution in [2.75, 3.05) is 0 Å². The van der Waals surface area contributed by atoms with Gasteiger partial charge in [0.1, 0.15) is 5.58 Å². The summed E-state index contributed by atoms with van der Waals surface area (Å²) in [4.78, 5) is 12.0. The molecule has 2 rings (SSSR count). The molecule has 1 unspecified atom stereocenters. The van der Waals surface area contributed by atoms with Gasteiger partial charge in [-0.3, -0.25) is 4.79 Å². The average Bonchev–Trinajstić information content (AvgIpc) is 2.74. The Morgan fingerprint density at radius 1 is 1.47 bits per heavy atom. The number of hydrogen-bond acceptors (Lipinski definition) is 2. The number of benzene rings is 1. The number of fused-ring (bicyclic) bond motifs is 1. The molecule has 1 heterocycles. The normalized spacial score (nSPS) is 12.9. The van der Waals surface area contributed by atoms with Crippen molar-refractivity contribution in [3.05, 3.63) is 34.5 Å². The maximum atomic E-state index is 12.0. The molecule has 0 radical (unpaired) electrons. The van der Waals surface area contributed by atoms with Crippen LogP contribution in [0.15, 0.2) is 33.2 Å². The monoisotopic (exact) mass is 294 g/mol. The number of para-hydroxylation sites is 1. The maximum absolute atomic E-state index is 12.0. The van der Waals surface area contributed by atoms with E-state index in [-0.39, 0.29) is 5.78 Å². The van der Waals surface area contributed by atoms with Crippen LogP contribution in [0.25, 0.3) is 11.0 Å². The molecule has 2 nitrogen and oxygen atoms in total. The summed E-state index contributed by atoms with van der Waals surface area (Å²) in [7, 11) is 0. The highest BCUT2D eigenvalue weighted by Crippen LogP contribution is 2.28. The third-order valence-corrected chi connectivity index (χ3v) is 3.63. The van der Waals surface area contributed by atoms with E-state index >= 15 is 0 Å². The molecule has 0 saturated carbocycles. The molecule has 0 spiro atoms. The predicted octanol–water partition coefficient (Wildman–Crippen LogP) is 4.81. The van der Waals surface area contributed by atoms with E-state index in [0.717, 1.165) is 21.9 Å². The topological polar surface area (TPSA) is 30.2 Å². The highest BCUT2D eigenvalue weighted by Gasteiger charge is 2.15. The summed E-state index contributed by atoms with van der Waals surface area (Å²) >= 11 is 3.42. The second kappa shape index (κ2) is 5.05. The summed E-state index contributed by atoms with van der Waals surface area (Å²) in [6.07, 6.45) is 1.56. The van der Waals surface area contributed by atoms with Gasteiger partial charge >= 0.3 is 0 Å². The van der Waals surface area contributed by atoms with E-state index in [9.17, 15) is 4.79 Å². The van der Waals surface area contributed by atoms with Crippen molar-refractivity contribution >= 4 is 32.7 Å². The molecule has 0 aliphatic rings. The zero-order valence-electron chi connectivity index (χ0n) is 10.00. The molecule has 1 aromatic carbocycles. The number of rotatable bonds is 4. The third kappa shape index (κ3) is 2.60. The SMILES string of the molecule is CCC(C)CC(=O)c1cc2cccc(Br)c2o1. The number of carbonyl (C=O) groups is 1. The molecule has 0 aliphatic heterocycles. The summed E-state index contributed by atoms with van der Waals surface area (Å²) in [5.41, 5.74) is 0.750. The Morgan fingerprint density at radius 3 is 2.88 bits per heavy atom. The van der Waals surface area contributed by atoms with E-state index in [4.69, 9.17) is 4.42 Å². The van der Waals surface area contributed by atoms with Gasteiger partial charge < -0.3 is 4.42 Å². The number of carbonyl (C=O) groups excluding carboxylic acids is 1. The molecule has 0 amide bonds. The van der Waals surface area contributed by atoms with Crippen LogP contribution >= 0.6 is 15.9 Å². The minimum atomic E-state index is 0.0856. The molecule has 0 fully saturated rings. The first-order valence-electron chi connectivity index (χ1n) is 5.83. The third-order valence-electron chi connectivity index (χ3n) is 3.00. The Labute approximate surface area is 109 Å². The van der Waals surface area contributed by atoms with Crippen LogP contribution < -0.4 is 0 Å². The zero-order valence-corrected chi connectivity index (χ0v) is 11.6. The van der Waals surface area contributed by atoms with Gasteiger partial charge in [0.05, 0.1) is 4.47 Å². The van der Waals surface area contributed by atoms with Crippen molar-refractivity contribution in [3.8, 4) is 0 Å². The lowest BCUT2D eigenvalue weighted by atomic mass is 10.0. The standard InChI is InChI=1S/C14H15BrO2/c1-3-9(2)7-12(16)13-8-10-5-4-6-11(15)14(10)17-13/h4-6,8-9H,3,7H2,1-2H3. The van der Waals surface area contributed by atoms with Crippen LogP contribution in [-0.2, 0) is 0 Å². The van der Waals surface area contributed by atoms with Crippen LogP contribution in [0.1, 0.15) is 37.2 Å². The van der Waals surface area contributed by atoms with Gasteiger partial charge in [-0.1, -0.05) is 32.4 Å². The Balaban J connectivity index is 2.30. The quantitative estimate of drug-likeness (QED) is 0.757. The van der Waals surface area contributed by atoms with Gasteiger partial charge in [-0.15, -0.1) is 0 Å². The minimum Gasteiger partial charge on any atom is -0.452 e. The first kappa shape index (κ1) is 12.4. The number of furan rings is 1. The molecule has 1 atom stereocenters. The van der Waals surface area contributed by atoms with E-state index in [1.54, 1.807) is 0 Å². The Hall–Kier alpha value is -1.09. The Bertz CT molecular complexity index is 542. The van der Waals surface area contributed by atoms with E-state index in [1.807, 2.05) is 24.3 Å². The van der Waals surface area contributed by atoms with Gasteiger partial charge in [-0.05, 0) is 34.0 Å². The number of Topliss-reactive ketones (excluding diaryl/α,β-unsaturated/α-hetero) is 1. The Kier molecular flexibility index (Phi) is 3.67.